The quantitative estimate of drug-likeness (QED) is 0.227. The molecule has 0 spiro atoms. The molecule has 270 valence electrons. The Bertz CT molecular complexity index is 1790. The first-order chi connectivity index (χ1) is 22.0. The van der Waals surface area contributed by atoms with Crippen molar-refractivity contribution in [3.63, 3.8) is 0 Å². The summed E-state index contributed by atoms with van der Waals surface area (Å²) in [6.45, 7) is 40.5. The van der Waals surface area contributed by atoms with Gasteiger partial charge in [0, 0.05) is 21.9 Å². The fourth-order valence-electron chi connectivity index (χ4n) is 6.41. The molecular weight excluding hydrogens is 623 g/mol. The average molecular weight is 689 g/mol. The van der Waals surface area contributed by atoms with Crippen LogP contribution in [0.2, 0.25) is 0 Å². The number of rotatable bonds is 5. The molecule has 49 heavy (non-hydrogen) atoms. The lowest BCUT2D eigenvalue weighted by molar-refractivity contribution is 0.216. The van der Waals surface area contributed by atoms with E-state index in [0.29, 0.717) is 12.4 Å². The number of aryl methyl sites for hydroxylation is 1. The molecule has 0 atom stereocenters. The van der Waals surface area contributed by atoms with E-state index < -0.39 is 8.24 Å². The molecule has 0 aliphatic rings. The molecule has 0 aliphatic heterocycles. The predicted octanol–water partition coefficient (Wildman–Crippen LogP) is 13.5. The van der Waals surface area contributed by atoms with Crippen LogP contribution in [0.3, 0.4) is 0 Å². The number of benzene rings is 3. The average Bonchev–Trinajstić information content (AvgIpc) is 3.06. The zero-order chi connectivity index (χ0) is 37.3. The molecule has 0 saturated carbocycles. The monoisotopic (exact) mass is 688 g/mol. The van der Waals surface area contributed by atoms with E-state index >= 15 is 0 Å². The summed E-state index contributed by atoms with van der Waals surface area (Å²) in [5.74, 6) is 0.389. The van der Waals surface area contributed by atoms with Crippen molar-refractivity contribution < 1.29 is 18.0 Å². The topological polar surface area (TPSA) is 55.7 Å². The van der Waals surface area contributed by atoms with Crippen molar-refractivity contribution in [2.24, 2.45) is 5.41 Å². The maximum Gasteiger partial charge on any atom is 0.387 e. The van der Waals surface area contributed by atoms with Crippen molar-refractivity contribution in [1.82, 2.24) is 0 Å². The molecule has 5 heteroatoms. The zero-order valence-electron chi connectivity index (χ0n) is 34.0. The van der Waals surface area contributed by atoms with Gasteiger partial charge >= 0.3 is 8.24 Å². The SMILES string of the molecule is Cc1cc(CC(C)(C)COp2oc3c(C(C)(C)C)cc(C(C)(C)C)cc3c3cc(C(C)(C)C)cc(C(C)(C)C)c3o2)cc(C(C)(C)C)c1O. The van der Waals surface area contributed by atoms with E-state index in [1.165, 1.54) is 16.7 Å². The van der Waals surface area contributed by atoms with Crippen LogP contribution in [0.15, 0.2) is 44.8 Å². The molecule has 0 fully saturated rings. The van der Waals surface area contributed by atoms with Crippen molar-refractivity contribution in [1.29, 1.82) is 0 Å². The largest absolute Gasteiger partial charge is 0.507 e. The van der Waals surface area contributed by atoms with Gasteiger partial charge in [-0.1, -0.05) is 142 Å². The van der Waals surface area contributed by atoms with Gasteiger partial charge in [0.1, 0.15) is 16.9 Å². The van der Waals surface area contributed by atoms with Crippen LogP contribution in [-0.2, 0) is 33.5 Å². The molecule has 1 N–H and O–H groups in total. The van der Waals surface area contributed by atoms with Crippen molar-refractivity contribution in [2.45, 2.75) is 158 Å². The van der Waals surface area contributed by atoms with Crippen molar-refractivity contribution in [3.05, 3.63) is 75.3 Å². The fraction of sp³-hybridized carbons (Fsp3) is 0.591. The zero-order valence-corrected chi connectivity index (χ0v) is 34.9. The summed E-state index contributed by atoms with van der Waals surface area (Å²) in [5.41, 5.74) is 8.81. The third-order valence-corrected chi connectivity index (χ3v) is 10.6. The Morgan fingerprint density at radius 2 is 0.959 bits per heavy atom. The van der Waals surface area contributed by atoms with Crippen LogP contribution in [0, 0.1) is 12.3 Å². The molecule has 0 aliphatic carbocycles. The molecule has 0 bridgehead atoms. The maximum absolute atomic E-state index is 10.8. The standard InChI is InChI=1S/C44H65O4P/c1-27-19-28(20-33(36(27)45)41(8,9)10)25-44(17,18)26-46-49-47-37-31(21-29(39(2,3)4)23-34(37)42(11,12)13)32-22-30(40(5,6)7)24-35(38(32)48-49)43(14,15)16/h19-24,45H,25-26H2,1-18H3. The number of hydrogen-bond donors (Lipinski definition) is 1. The highest BCUT2D eigenvalue weighted by molar-refractivity contribution is 7.31. The molecule has 0 amide bonds. The lowest BCUT2D eigenvalue weighted by Gasteiger charge is -2.27. The Morgan fingerprint density at radius 1 is 0.551 bits per heavy atom. The van der Waals surface area contributed by atoms with Gasteiger partial charge in [0.25, 0.3) is 0 Å². The Morgan fingerprint density at radius 3 is 1.33 bits per heavy atom. The summed E-state index contributed by atoms with van der Waals surface area (Å²) in [6, 6.07) is 13.6. The summed E-state index contributed by atoms with van der Waals surface area (Å²) in [6.07, 6.45) is 0.790. The maximum atomic E-state index is 10.8. The summed E-state index contributed by atoms with van der Waals surface area (Å²) in [5, 5.41) is 13.0. The first kappa shape index (κ1) is 39.1. The second-order valence-electron chi connectivity index (χ2n) is 20.4. The molecule has 0 unspecified atom stereocenters. The lowest BCUT2D eigenvalue weighted by atomic mass is 9.77. The third kappa shape index (κ3) is 8.80. The van der Waals surface area contributed by atoms with Gasteiger partial charge in [-0.2, -0.15) is 0 Å². The van der Waals surface area contributed by atoms with Gasteiger partial charge in [-0.05, 0) is 85.8 Å². The van der Waals surface area contributed by atoms with E-state index in [2.05, 4.69) is 154 Å². The number of hydrogen-bond acceptors (Lipinski definition) is 4. The van der Waals surface area contributed by atoms with Gasteiger partial charge < -0.3 is 13.5 Å². The highest BCUT2D eigenvalue weighted by Crippen LogP contribution is 2.45. The van der Waals surface area contributed by atoms with E-state index in [9.17, 15) is 5.11 Å². The van der Waals surface area contributed by atoms with E-state index in [1.54, 1.807) is 0 Å². The van der Waals surface area contributed by atoms with E-state index in [-0.39, 0.29) is 32.5 Å². The Kier molecular flexibility index (Phi) is 10.2. The van der Waals surface area contributed by atoms with Crippen LogP contribution in [0.5, 0.6) is 5.75 Å². The second-order valence-corrected chi connectivity index (χ2v) is 21.5. The molecule has 4 aromatic rings. The smallest absolute Gasteiger partial charge is 0.387 e. The molecule has 1 heterocycles. The lowest BCUT2D eigenvalue weighted by Crippen LogP contribution is -2.24. The van der Waals surface area contributed by atoms with Crippen LogP contribution in [0.25, 0.3) is 21.9 Å². The van der Waals surface area contributed by atoms with E-state index in [1.807, 2.05) is 6.92 Å². The summed E-state index contributed by atoms with van der Waals surface area (Å²) in [7, 11) is -1.79. The summed E-state index contributed by atoms with van der Waals surface area (Å²) < 4.78 is 20.7. The Labute approximate surface area is 298 Å². The van der Waals surface area contributed by atoms with Crippen molar-refractivity contribution in [2.75, 3.05) is 6.61 Å². The van der Waals surface area contributed by atoms with Crippen molar-refractivity contribution >= 4 is 30.2 Å². The van der Waals surface area contributed by atoms with Gasteiger partial charge in [0.05, 0.1) is 6.61 Å². The van der Waals surface area contributed by atoms with E-state index in [0.717, 1.165) is 50.6 Å². The van der Waals surface area contributed by atoms with Gasteiger partial charge in [0.2, 0.25) is 0 Å². The highest BCUT2D eigenvalue weighted by Gasteiger charge is 2.30. The molecule has 0 radical (unpaired) electrons. The third-order valence-electron chi connectivity index (χ3n) is 9.56. The number of fused-ring (bicyclic) bond motifs is 3. The molecule has 3 aromatic carbocycles. The second kappa shape index (κ2) is 12.8. The fourth-order valence-corrected chi connectivity index (χ4v) is 7.70. The molecule has 4 nitrogen and oxygen atoms in total. The van der Waals surface area contributed by atoms with Crippen molar-refractivity contribution in [3.8, 4) is 5.75 Å². The van der Waals surface area contributed by atoms with Gasteiger partial charge in [-0.15, -0.1) is 0 Å². The minimum Gasteiger partial charge on any atom is -0.507 e. The first-order valence-electron chi connectivity index (χ1n) is 18.0. The van der Waals surface area contributed by atoms with Gasteiger partial charge in [0.15, 0.2) is 0 Å². The summed E-state index contributed by atoms with van der Waals surface area (Å²) in [4.78, 5) is 0. The number of phenolic OH excluding ortho intramolecular Hbond substituents is 1. The van der Waals surface area contributed by atoms with Crippen LogP contribution in [0.1, 0.15) is 157 Å². The Hall–Kier alpha value is -2.68. The van der Waals surface area contributed by atoms with Gasteiger partial charge in [-0.3, -0.25) is 4.52 Å². The minimum absolute atomic E-state index is 0.0540. The highest BCUT2D eigenvalue weighted by atomic mass is 31.1. The number of phenols is 1. The first-order valence-corrected chi connectivity index (χ1v) is 19.1. The molecule has 4 rings (SSSR count). The van der Waals surface area contributed by atoms with Crippen LogP contribution >= 0.6 is 8.24 Å². The Balaban J connectivity index is 2.01. The van der Waals surface area contributed by atoms with Gasteiger partial charge in [-0.25, -0.2) is 0 Å². The van der Waals surface area contributed by atoms with Crippen LogP contribution in [-0.4, -0.2) is 11.7 Å². The molecular formula is C44H65O4P. The predicted molar refractivity (Wildman–Crippen MR) is 212 cm³/mol. The number of aromatic hydroxyl groups is 1. The normalized spacial score (nSPS) is 13.8. The van der Waals surface area contributed by atoms with E-state index in [4.69, 9.17) is 12.9 Å². The van der Waals surface area contributed by atoms with Crippen LogP contribution in [0.4, 0.5) is 0 Å². The molecule has 1 aromatic heterocycles. The van der Waals surface area contributed by atoms with Crippen LogP contribution < -0.4 is 4.52 Å². The minimum atomic E-state index is -1.79. The molecule has 0 saturated heterocycles. The summed E-state index contributed by atoms with van der Waals surface area (Å²) >= 11 is 0.